The van der Waals surface area contributed by atoms with Gasteiger partial charge < -0.3 is 24.5 Å². The molecule has 4 aromatic rings. The lowest BCUT2D eigenvalue weighted by Crippen LogP contribution is -2.47. The number of alkyl carbamates (subject to hydrolysis) is 1. The summed E-state index contributed by atoms with van der Waals surface area (Å²) in [4.78, 5) is 28.5. The van der Waals surface area contributed by atoms with Crippen molar-refractivity contribution in [1.29, 1.82) is 0 Å². The normalized spacial score (nSPS) is 11.8. The molecule has 0 spiro atoms. The maximum atomic E-state index is 13.1. The van der Waals surface area contributed by atoms with Crippen molar-refractivity contribution in [2.75, 3.05) is 13.2 Å². The molecule has 9 nitrogen and oxygen atoms in total. The molecular formula is C30H30Br2N4O5. The van der Waals surface area contributed by atoms with Gasteiger partial charge in [-0.2, -0.15) is 5.10 Å². The number of hydrogen-bond acceptors (Lipinski definition) is 6. The van der Waals surface area contributed by atoms with E-state index >= 15 is 0 Å². The fourth-order valence-corrected chi connectivity index (χ4v) is 4.93. The van der Waals surface area contributed by atoms with Gasteiger partial charge in [-0.3, -0.25) is 4.79 Å². The molecule has 11 heteroatoms. The number of hydrazone groups is 1. The predicted octanol–water partition coefficient (Wildman–Crippen LogP) is 6.48. The molecule has 41 heavy (non-hydrogen) atoms. The second kappa shape index (κ2) is 14.7. The number of aromatic nitrogens is 1. The largest absolute Gasteiger partial charge is 0.490 e. The molecular weight excluding hydrogens is 656 g/mol. The Morgan fingerprint density at radius 1 is 1.02 bits per heavy atom. The maximum Gasteiger partial charge on any atom is 0.407 e. The van der Waals surface area contributed by atoms with E-state index in [1.165, 1.54) is 6.21 Å². The summed E-state index contributed by atoms with van der Waals surface area (Å²) < 4.78 is 18.6. The van der Waals surface area contributed by atoms with E-state index in [4.69, 9.17) is 14.2 Å². The monoisotopic (exact) mass is 684 g/mol. The summed E-state index contributed by atoms with van der Waals surface area (Å²) >= 11 is 7.00. The zero-order valence-corrected chi connectivity index (χ0v) is 25.8. The van der Waals surface area contributed by atoms with Crippen LogP contribution in [0.5, 0.6) is 11.5 Å². The number of nitrogens with zero attached hydrogens (tertiary/aromatic N) is 1. The zero-order chi connectivity index (χ0) is 29.2. The molecule has 0 bridgehead atoms. The van der Waals surface area contributed by atoms with Gasteiger partial charge in [0, 0.05) is 28.0 Å². The van der Waals surface area contributed by atoms with E-state index in [9.17, 15) is 9.59 Å². The number of para-hydroxylation sites is 1. The molecule has 0 unspecified atom stereocenters. The summed E-state index contributed by atoms with van der Waals surface area (Å²) in [5.41, 5.74) is 6.03. The van der Waals surface area contributed by atoms with Crippen LogP contribution in [0.2, 0.25) is 0 Å². The number of amides is 2. The van der Waals surface area contributed by atoms with Crippen LogP contribution < -0.4 is 20.2 Å². The van der Waals surface area contributed by atoms with E-state index in [1.54, 1.807) is 13.0 Å². The lowest BCUT2D eigenvalue weighted by atomic mass is 10.0. The number of nitrogens with one attached hydrogen (secondary N) is 3. The van der Waals surface area contributed by atoms with Gasteiger partial charge in [0.15, 0.2) is 11.5 Å². The van der Waals surface area contributed by atoms with Gasteiger partial charge in [0.05, 0.1) is 23.9 Å². The minimum atomic E-state index is -0.912. The van der Waals surface area contributed by atoms with E-state index in [0.717, 1.165) is 26.5 Å². The van der Waals surface area contributed by atoms with E-state index in [2.05, 4.69) is 52.7 Å². The van der Waals surface area contributed by atoms with Crippen LogP contribution in [0.1, 0.15) is 30.5 Å². The summed E-state index contributed by atoms with van der Waals surface area (Å²) in [6, 6.07) is 18.3. The molecule has 3 aromatic carbocycles. The smallest absolute Gasteiger partial charge is 0.407 e. The van der Waals surface area contributed by atoms with Gasteiger partial charge in [0.2, 0.25) is 0 Å². The van der Waals surface area contributed by atoms with E-state index < -0.39 is 18.0 Å². The van der Waals surface area contributed by atoms with Crippen molar-refractivity contribution in [1.82, 2.24) is 15.7 Å². The van der Waals surface area contributed by atoms with E-state index in [0.29, 0.717) is 34.7 Å². The van der Waals surface area contributed by atoms with Crippen molar-refractivity contribution in [3.8, 4) is 11.5 Å². The van der Waals surface area contributed by atoms with Gasteiger partial charge in [-0.15, -0.1) is 0 Å². The Hall–Kier alpha value is -3.83. The summed E-state index contributed by atoms with van der Waals surface area (Å²) in [6.45, 7) is 4.57. The van der Waals surface area contributed by atoms with Crippen LogP contribution in [0, 0.1) is 0 Å². The fraction of sp³-hybridized carbons (Fsp3) is 0.233. The lowest BCUT2D eigenvalue weighted by Gasteiger charge is -2.16. The highest BCUT2D eigenvalue weighted by atomic mass is 79.9. The molecule has 214 valence electrons. The van der Waals surface area contributed by atoms with Gasteiger partial charge in [0.1, 0.15) is 12.6 Å². The molecule has 4 rings (SSSR count). The molecule has 1 heterocycles. The number of ether oxygens (including phenoxy) is 3. The molecule has 2 amide bonds. The SMILES string of the molecule is CCOC(=O)N[C@H](Cc1c[nH]c2ccccc12)C(=O)N/N=C\c1cc(Br)c(OCc2ccc(Br)cc2)c(OCC)c1. The quantitative estimate of drug-likeness (QED) is 0.117. The number of benzene rings is 3. The average Bonchev–Trinajstić information content (AvgIpc) is 3.36. The highest BCUT2D eigenvalue weighted by Gasteiger charge is 2.23. The number of carbonyl (C=O) groups is 2. The molecule has 3 N–H and O–H groups in total. The Kier molecular flexibility index (Phi) is 10.8. The Morgan fingerprint density at radius 3 is 2.56 bits per heavy atom. The number of H-pyrrole nitrogens is 1. The summed E-state index contributed by atoms with van der Waals surface area (Å²) in [5, 5.41) is 7.74. The highest BCUT2D eigenvalue weighted by molar-refractivity contribution is 9.10. The van der Waals surface area contributed by atoms with Crippen LogP contribution in [0.15, 0.2) is 80.9 Å². The Balaban J connectivity index is 1.46. The number of carbonyl (C=O) groups excluding carboxylic acids is 2. The standard InChI is InChI=1S/C30H30Br2N4O5/c1-3-39-27-14-20(13-24(32)28(27)41-18-19-9-11-22(31)12-10-19)16-34-36-29(37)26(35-30(38)40-4-2)15-21-17-33-25-8-6-5-7-23(21)25/h5-14,16-17,26,33H,3-4,15,18H2,1-2H3,(H,35,38)(H,36,37)/b34-16-/t26-/m1/s1. The molecule has 0 radical (unpaired) electrons. The number of hydrogen-bond donors (Lipinski definition) is 3. The van der Waals surface area contributed by atoms with Gasteiger partial charge in [0.25, 0.3) is 5.91 Å². The minimum Gasteiger partial charge on any atom is -0.490 e. The maximum absolute atomic E-state index is 13.1. The van der Waals surface area contributed by atoms with Gasteiger partial charge in [-0.25, -0.2) is 10.2 Å². The first-order valence-electron chi connectivity index (χ1n) is 13.0. The topological polar surface area (TPSA) is 114 Å². The van der Waals surface area contributed by atoms with Gasteiger partial charge in [-0.05, 0) is 76.8 Å². The highest BCUT2D eigenvalue weighted by Crippen LogP contribution is 2.37. The third kappa shape index (κ3) is 8.34. The molecule has 0 saturated carbocycles. The van der Waals surface area contributed by atoms with Crippen molar-refractivity contribution in [2.45, 2.75) is 32.9 Å². The molecule has 0 aliphatic rings. The summed E-state index contributed by atoms with van der Waals surface area (Å²) in [7, 11) is 0. The van der Waals surface area contributed by atoms with Crippen molar-refractivity contribution >= 4 is 61.0 Å². The average molecular weight is 686 g/mol. The minimum absolute atomic E-state index is 0.186. The van der Waals surface area contributed by atoms with Crippen LogP contribution in [0.3, 0.4) is 0 Å². The predicted molar refractivity (Wildman–Crippen MR) is 165 cm³/mol. The van der Waals surface area contributed by atoms with Crippen LogP contribution in [-0.2, 0) is 22.6 Å². The fourth-order valence-electron chi connectivity index (χ4n) is 4.09. The van der Waals surface area contributed by atoms with Crippen LogP contribution >= 0.6 is 31.9 Å². The number of halogens is 2. The van der Waals surface area contributed by atoms with Crippen molar-refractivity contribution < 1.29 is 23.8 Å². The Morgan fingerprint density at radius 2 is 1.80 bits per heavy atom. The van der Waals surface area contributed by atoms with E-state index in [1.807, 2.05) is 67.7 Å². The van der Waals surface area contributed by atoms with Crippen LogP contribution in [0.25, 0.3) is 10.9 Å². The lowest BCUT2D eigenvalue weighted by molar-refractivity contribution is -0.123. The van der Waals surface area contributed by atoms with Crippen molar-refractivity contribution in [3.63, 3.8) is 0 Å². The summed E-state index contributed by atoms with van der Waals surface area (Å²) in [5.74, 6) is 0.611. The molecule has 1 atom stereocenters. The molecule has 0 saturated heterocycles. The number of rotatable bonds is 12. The molecule has 0 aliphatic heterocycles. The van der Waals surface area contributed by atoms with Crippen molar-refractivity contribution in [2.24, 2.45) is 5.10 Å². The zero-order valence-electron chi connectivity index (χ0n) is 22.6. The first-order valence-corrected chi connectivity index (χ1v) is 14.6. The second-order valence-corrected chi connectivity index (χ2v) is 10.7. The first kappa shape index (κ1) is 30.1. The third-order valence-electron chi connectivity index (χ3n) is 6.00. The Bertz CT molecular complexity index is 1520. The molecule has 0 aliphatic carbocycles. The second-order valence-electron chi connectivity index (χ2n) is 8.89. The van der Waals surface area contributed by atoms with Crippen LogP contribution in [0.4, 0.5) is 4.79 Å². The van der Waals surface area contributed by atoms with E-state index in [-0.39, 0.29) is 13.0 Å². The summed E-state index contributed by atoms with van der Waals surface area (Å²) in [6.07, 6.45) is 2.89. The number of aromatic amines is 1. The number of fused-ring (bicyclic) bond motifs is 1. The van der Waals surface area contributed by atoms with Crippen molar-refractivity contribution in [3.05, 3.63) is 92.5 Å². The van der Waals surface area contributed by atoms with Gasteiger partial charge in [-0.1, -0.05) is 46.3 Å². The molecule has 0 fully saturated rings. The Labute approximate surface area is 254 Å². The van der Waals surface area contributed by atoms with Crippen LogP contribution in [-0.4, -0.2) is 42.5 Å². The van der Waals surface area contributed by atoms with Gasteiger partial charge >= 0.3 is 6.09 Å². The molecule has 1 aromatic heterocycles. The third-order valence-corrected chi connectivity index (χ3v) is 7.12. The first-order chi connectivity index (χ1) is 19.9.